The predicted octanol–water partition coefficient (Wildman–Crippen LogP) is 4.09. The predicted molar refractivity (Wildman–Crippen MR) is 137 cm³/mol. The van der Waals surface area contributed by atoms with Crippen LogP contribution in [0.4, 0.5) is 25.1 Å². The van der Waals surface area contributed by atoms with Crippen LogP contribution in [-0.4, -0.2) is 72.6 Å². The highest BCUT2D eigenvalue weighted by Crippen LogP contribution is 2.35. The Labute approximate surface area is 226 Å². The number of benzene rings is 1. The van der Waals surface area contributed by atoms with Gasteiger partial charge in [-0.15, -0.1) is 0 Å². The smallest absolute Gasteiger partial charge is 0.410 e. The van der Waals surface area contributed by atoms with Gasteiger partial charge in [-0.25, -0.2) is 22.6 Å². The number of halogens is 2. The van der Waals surface area contributed by atoms with E-state index in [2.05, 4.69) is 15.3 Å². The Hall–Kier alpha value is -3.06. The van der Waals surface area contributed by atoms with Gasteiger partial charge in [0.15, 0.2) is 15.7 Å². The van der Waals surface area contributed by atoms with Gasteiger partial charge in [-0.2, -0.15) is 9.37 Å². The second-order valence-electron chi connectivity index (χ2n) is 11.2. The first-order valence-corrected chi connectivity index (χ1v) is 14.5. The zero-order chi connectivity index (χ0) is 27.9. The lowest BCUT2D eigenvalue weighted by atomic mass is 9.84. The van der Waals surface area contributed by atoms with Crippen LogP contribution < -0.4 is 10.1 Å². The van der Waals surface area contributed by atoms with Crippen LogP contribution in [0.5, 0.6) is 5.88 Å². The van der Waals surface area contributed by atoms with Crippen LogP contribution in [0.3, 0.4) is 0 Å². The summed E-state index contributed by atoms with van der Waals surface area (Å²) in [4.78, 5) is 21.9. The van der Waals surface area contributed by atoms with E-state index in [0.29, 0.717) is 39.1 Å². The SMILES string of the molecule is CC(C)(C)OC(=O)N1CC2COCC(C1)C2Oc1ncnc(Nc2ccc(S(=O)(=O)C3CCC3)cc2F)c1F. The number of ether oxygens (including phenoxy) is 3. The minimum atomic E-state index is -3.60. The van der Waals surface area contributed by atoms with Crippen molar-refractivity contribution < 1.29 is 36.2 Å². The van der Waals surface area contributed by atoms with Crippen molar-refractivity contribution >= 4 is 27.4 Å². The van der Waals surface area contributed by atoms with Crippen LogP contribution in [-0.2, 0) is 19.3 Å². The van der Waals surface area contributed by atoms with Gasteiger partial charge in [-0.3, -0.25) is 0 Å². The molecule has 1 aromatic carbocycles. The van der Waals surface area contributed by atoms with E-state index in [4.69, 9.17) is 14.2 Å². The maximum atomic E-state index is 15.4. The molecule has 1 aromatic heterocycles. The van der Waals surface area contributed by atoms with Crippen molar-refractivity contribution in [1.82, 2.24) is 14.9 Å². The molecular formula is C26H32F2N4O6S. The van der Waals surface area contributed by atoms with E-state index in [1.54, 1.807) is 25.7 Å². The highest BCUT2D eigenvalue weighted by molar-refractivity contribution is 7.92. The second-order valence-corrected chi connectivity index (χ2v) is 13.5. The van der Waals surface area contributed by atoms with Gasteiger partial charge >= 0.3 is 6.09 Å². The van der Waals surface area contributed by atoms with Crippen LogP contribution in [0.15, 0.2) is 29.4 Å². The zero-order valence-corrected chi connectivity index (χ0v) is 22.8. The normalized spacial score (nSPS) is 23.6. The number of piperidine rings is 1. The first kappa shape index (κ1) is 27.5. The van der Waals surface area contributed by atoms with Crippen LogP contribution >= 0.6 is 0 Å². The molecule has 3 aliphatic rings. The number of hydrogen-bond donors (Lipinski definition) is 1. The zero-order valence-electron chi connectivity index (χ0n) is 22.0. The number of hydrogen-bond acceptors (Lipinski definition) is 9. The van der Waals surface area contributed by atoms with Crippen LogP contribution in [0, 0.1) is 23.5 Å². The first-order chi connectivity index (χ1) is 18.4. The molecule has 1 saturated carbocycles. The van der Waals surface area contributed by atoms with Crippen molar-refractivity contribution in [2.24, 2.45) is 11.8 Å². The molecule has 13 heteroatoms. The van der Waals surface area contributed by atoms with Gasteiger partial charge in [0.05, 0.1) is 29.0 Å². The molecule has 1 aliphatic carbocycles. The number of aromatic nitrogens is 2. The molecule has 2 aliphatic heterocycles. The molecule has 3 heterocycles. The third kappa shape index (κ3) is 5.79. The van der Waals surface area contributed by atoms with Crippen molar-refractivity contribution in [2.45, 2.75) is 61.9 Å². The van der Waals surface area contributed by atoms with Crippen LogP contribution in [0.2, 0.25) is 0 Å². The third-order valence-electron chi connectivity index (χ3n) is 7.17. The molecule has 1 amide bonds. The average Bonchev–Trinajstić information content (AvgIpc) is 2.80. The summed E-state index contributed by atoms with van der Waals surface area (Å²) in [6.45, 7) is 6.66. The summed E-state index contributed by atoms with van der Waals surface area (Å²) in [5, 5.41) is 2.09. The molecule has 3 fully saturated rings. The number of fused-ring (bicyclic) bond motifs is 2. The maximum absolute atomic E-state index is 15.4. The van der Waals surface area contributed by atoms with Crippen molar-refractivity contribution in [2.75, 3.05) is 31.6 Å². The number of carbonyl (C=O) groups is 1. The third-order valence-corrected chi connectivity index (χ3v) is 9.43. The molecule has 2 bridgehead atoms. The van der Waals surface area contributed by atoms with E-state index in [-0.39, 0.29) is 34.1 Å². The number of likely N-dealkylation sites (tertiary alicyclic amines) is 1. The van der Waals surface area contributed by atoms with Crippen molar-refractivity contribution in [3.8, 4) is 5.88 Å². The monoisotopic (exact) mass is 566 g/mol. The lowest BCUT2D eigenvalue weighted by Gasteiger charge is -2.46. The molecule has 2 unspecified atom stereocenters. The number of rotatable bonds is 6. The summed E-state index contributed by atoms with van der Waals surface area (Å²) in [5.41, 5.74) is -0.768. The molecule has 10 nitrogen and oxygen atoms in total. The van der Waals surface area contributed by atoms with Gasteiger partial charge in [0.1, 0.15) is 23.8 Å². The summed E-state index contributed by atoms with van der Waals surface area (Å²) in [6, 6.07) is 3.48. The molecule has 2 atom stereocenters. The van der Waals surface area contributed by atoms with E-state index < -0.39 is 44.5 Å². The Bertz CT molecular complexity index is 1330. The molecule has 1 N–H and O–H groups in total. The van der Waals surface area contributed by atoms with Gasteiger partial charge in [0.2, 0.25) is 5.82 Å². The highest BCUT2D eigenvalue weighted by atomic mass is 32.2. The number of anilines is 2. The molecular weight excluding hydrogens is 534 g/mol. The first-order valence-electron chi connectivity index (χ1n) is 13.0. The lowest BCUT2D eigenvalue weighted by molar-refractivity contribution is -0.114. The quantitative estimate of drug-likeness (QED) is 0.551. The molecule has 5 rings (SSSR count). The largest absolute Gasteiger partial charge is 0.471 e. The Kier molecular flexibility index (Phi) is 7.40. The molecule has 39 heavy (non-hydrogen) atoms. The van der Waals surface area contributed by atoms with E-state index in [1.807, 2.05) is 0 Å². The summed E-state index contributed by atoms with van der Waals surface area (Å²) >= 11 is 0. The van der Waals surface area contributed by atoms with Crippen molar-refractivity contribution in [1.29, 1.82) is 0 Å². The standard InChI is InChI=1S/C26H32F2N4O6S/c1-26(2,3)38-25(33)32-10-15-12-36-13-16(11-32)22(15)37-24-21(28)23(29-14-30-24)31-20-8-7-18(9-19(20)27)39(34,35)17-5-4-6-17/h7-9,14-17,22H,4-6,10-13H2,1-3H3,(H,29,30,31). The summed E-state index contributed by atoms with van der Waals surface area (Å²) in [7, 11) is -3.60. The van der Waals surface area contributed by atoms with Gasteiger partial charge in [0.25, 0.3) is 5.88 Å². The minimum absolute atomic E-state index is 0.103. The van der Waals surface area contributed by atoms with Gasteiger partial charge < -0.3 is 24.4 Å². The van der Waals surface area contributed by atoms with Crippen LogP contribution in [0.1, 0.15) is 40.0 Å². The fourth-order valence-electron chi connectivity index (χ4n) is 4.99. The Balaban J connectivity index is 1.29. The maximum Gasteiger partial charge on any atom is 0.410 e. The summed E-state index contributed by atoms with van der Waals surface area (Å²) in [6.07, 6.45) is 2.16. The molecule has 212 valence electrons. The minimum Gasteiger partial charge on any atom is -0.471 e. The van der Waals surface area contributed by atoms with Gasteiger partial charge in [0, 0.05) is 24.9 Å². The fourth-order valence-corrected chi connectivity index (χ4v) is 6.86. The molecule has 2 aromatic rings. The number of carbonyl (C=O) groups excluding carboxylic acids is 1. The number of nitrogens with one attached hydrogen (secondary N) is 1. The van der Waals surface area contributed by atoms with Crippen molar-refractivity contribution in [3.05, 3.63) is 36.2 Å². The fraction of sp³-hybridized carbons (Fsp3) is 0.577. The van der Waals surface area contributed by atoms with Gasteiger partial charge in [-0.1, -0.05) is 6.42 Å². The molecule has 2 saturated heterocycles. The van der Waals surface area contributed by atoms with E-state index in [0.717, 1.165) is 18.8 Å². The summed E-state index contributed by atoms with van der Waals surface area (Å²) in [5.74, 6) is -2.88. The van der Waals surface area contributed by atoms with E-state index >= 15 is 4.39 Å². The average molecular weight is 567 g/mol. The lowest BCUT2D eigenvalue weighted by Crippen LogP contribution is -2.59. The Morgan fingerprint density at radius 3 is 2.41 bits per heavy atom. The number of nitrogens with zero attached hydrogens (tertiary/aromatic N) is 3. The number of sulfone groups is 1. The van der Waals surface area contributed by atoms with E-state index in [1.165, 1.54) is 12.1 Å². The van der Waals surface area contributed by atoms with Crippen molar-refractivity contribution in [3.63, 3.8) is 0 Å². The van der Waals surface area contributed by atoms with Gasteiger partial charge in [-0.05, 0) is 51.8 Å². The second kappa shape index (κ2) is 10.5. The molecule has 0 spiro atoms. The number of amides is 1. The highest BCUT2D eigenvalue weighted by Gasteiger charge is 2.45. The Morgan fingerprint density at radius 1 is 1.13 bits per heavy atom. The Morgan fingerprint density at radius 2 is 1.82 bits per heavy atom. The topological polar surface area (TPSA) is 120 Å². The van der Waals surface area contributed by atoms with Crippen LogP contribution in [0.25, 0.3) is 0 Å². The summed E-state index contributed by atoms with van der Waals surface area (Å²) < 4.78 is 72.6. The molecule has 0 radical (unpaired) electrons. The van der Waals surface area contributed by atoms with E-state index in [9.17, 15) is 17.6 Å².